The molecule has 2 aromatic rings. The van der Waals surface area contributed by atoms with Crippen LogP contribution in [-0.2, 0) is 4.79 Å². The fraction of sp³-hybridized carbons (Fsp3) is 0. The lowest BCUT2D eigenvalue weighted by molar-refractivity contribution is -0.112. The van der Waals surface area contributed by atoms with E-state index in [4.69, 9.17) is 22.1 Å². The summed E-state index contributed by atoms with van der Waals surface area (Å²) in [5.41, 5.74) is 1.47. The predicted molar refractivity (Wildman–Crippen MR) is 88.6 cm³/mol. The van der Waals surface area contributed by atoms with Crippen LogP contribution in [0.25, 0.3) is 0 Å². The van der Waals surface area contributed by atoms with Crippen molar-refractivity contribution in [2.24, 2.45) is 0 Å². The molecule has 0 aliphatic heterocycles. The number of rotatable bonds is 4. The predicted octanol–water partition coefficient (Wildman–Crippen LogP) is 3.67. The van der Waals surface area contributed by atoms with E-state index in [2.05, 4.69) is 10.6 Å². The maximum atomic E-state index is 12.1. The Morgan fingerprint density at radius 2 is 1.83 bits per heavy atom. The zero-order valence-corrected chi connectivity index (χ0v) is 12.6. The maximum Gasteiger partial charge on any atom is 0.267 e. The first-order valence-corrected chi connectivity index (χ1v) is 6.94. The van der Waals surface area contributed by atoms with Gasteiger partial charge in [-0.1, -0.05) is 23.7 Å². The Morgan fingerprint density at radius 3 is 2.52 bits per heavy atom. The summed E-state index contributed by atoms with van der Waals surface area (Å²) < 4.78 is 0. The number of anilines is 2. The molecule has 0 bridgehead atoms. The first kappa shape index (κ1) is 16.1. The lowest BCUT2D eigenvalue weighted by atomic mass is 10.2. The van der Waals surface area contributed by atoms with Crippen LogP contribution in [0.5, 0.6) is 0 Å². The first-order valence-electron chi connectivity index (χ1n) is 6.56. The molecule has 5 nitrogen and oxygen atoms in total. The van der Waals surface area contributed by atoms with E-state index in [1.165, 1.54) is 6.20 Å². The van der Waals surface area contributed by atoms with E-state index in [0.29, 0.717) is 22.0 Å². The number of benzene rings is 2. The largest absolute Gasteiger partial charge is 0.360 e. The van der Waals surface area contributed by atoms with E-state index < -0.39 is 5.91 Å². The molecule has 0 heterocycles. The summed E-state index contributed by atoms with van der Waals surface area (Å²) in [6, 6.07) is 17.2. The van der Waals surface area contributed by atoms with Crippen molar-refractivity contribution < 1.29 is 4.79 Å². The second kappa shape index (κ2) is 7.65. The van der Waals surface area contributed by atoms with Crippen molar-refractivity contribution in [1.29, 1.82) is 10.5 Å². The number of hydrogen-bond donors (Lipinski definition) is 2. The van der Waals surface area contributed by atoms with Crippen LogP contribution in [-0.4, -0.2) is 5.91 Å². The minimum absolute atomic E-state index is 0.104. The van der Waals surface area contributed by atoms with Crippen LogP contribution in [0.2, 0.25) is 5.02 Å². The third-order valence-corrected chi connectivity index (χ3v) is 3.06. The number of carbonyl (C=O) groups is 1. The Hall–Kier alpha value is -3.28. The molecule has 0 aliphatic carbocycles. The molecule has 2 rings (SSSR count). The molecule has 0 atom stereocenters. The van der Waals surface area contributed by atoms with Crippen molar-refractivity contribution in [2.45, 2.75) is 0 Å². The van der Waals surface area contributed by atoms with Gasteiger partial charge in [0.15, 0.2) is 0 Å². The topological polar surface area (TPSA) is 88.7 Å². The number of nitriles is 2. The number of hydrogen-bond acceptors (Lipinski definition) is 4. The van der Waals surface area contributed by atoms with E-state index in [-0.39, 0.29) is 5.57 Å². The Balaban J connectivity index is 2.10. The molecule has 2 N–H and O–H groups in total. The first-order chi connectivity index (χ1) is 11.1. The van der Waals surface area contributed by atoms with E-state index in [0.717, 1.165) is 0 Å². The molecule has 0 saturated carbocycles. The van der Waals surface area contributed by atoms with Gasteiger partial charge in [0.25, 0.3) is 5.91 Å². The van der Waals surface area contributed by atoms with Gasteiger partial charge >= 0.3 is 0 Å². The van der Waals surface area contributed by atoms with E-state index >= 15 is 0 Å². The smallest absolute Gasteiger partial charge is 0.267 e. The zero-order chi connectivity index (χ0) is 16.7. The zero-order valence-electron chi connectivity index (χ0n) is 11.9. The minimum atomic E-state index is -0.557. The molecular weight excluding hydrogens is 312 g/mol. The summed E-state index contributed by atoms with van der Waals surface area (Å²) in [6.07, 6.45) is 1.29. The summed E-state index contributed by atoms with van der Waals surface area (Å²) >= 11 is 5.84. The summed E-state index contributed by atoms with van der Waals surface area (Å²) in [6.45, 7) is 0. The second-order valence-corrected chi connectivity index (χ2v) is 4.91. The molecule has 0 aliphatic rings. The van der Waals surface area contributed by atoms with Gasteiger partial charge < -0.3 is 10.6 Å². The van der Waals surface area contributed by atoms with Gasteiger partial charge in [0.1, 0.15) is 11.6 Å². The molecule has 23 heavy (non-hydrogen) atoms. The second-order valence-electron chi connectivity index (χ2n) is 4.47. The van der Waals surface area contributed by atoms with Crippen molar-refractivity contribution in [3.8, 4) is 12.1 Å². The highest BCUT2D eigenvalue weighted by atomic mass is 35.5. The molecular formula is C17H11ClN4O. The quantitative estimate of drug-likeness (QED) is 0.664. The van der Waals surface area contributed by atoms with Gasteiger partial charge in [-0.3, -0.25) is 4.79 Å². The third-order valence-electron chi connectivity index (χ3n) is 2.82. The van der Waals surface area contributed by atoms with Crippen LogP contribution >= 0.6 is 11.6 Å². The van der Waals surface area contributed by atoms with Crippen molar-refractivity contribution >= 4 is 28.9 Å². The molecule has 112 valence electrons. The Bertz CT molecular complexity index is 846. The number of nitrogens with zero attached hydrogens (tertiary/aromatic N) is 2. The van der Waals surface area contributed by atoms with Crippen LogP contribution < -0.4 is 10.6 Å². The highest BCUT2D eigenvalue weighted by Crippen LogP contribution is 2.16. The van der Waals surface area contributed by atoms with Crippen molar-refractivity contribution in [3.63, 3.8) is 0 Å². The van der Waals surface area contributed by atoms with Crippen LogP contribution in [0.1, 0.15) is 5.56 Å². The Morgan fingerprint density at radius 1 is 1.09 bits per heavy atom. The fourth-order valence-corrected chi connectivity index (χ4v) is 1.94. The van der Waals surface area contributed by atoms with Gasteiger partial charge in [-0.25, -0.2) is 0 Å². The SMILES string of the molecule is N#C/C(=C/Nc1cccc(C#N)c1)C(=O)Nc1cccc(Cl)c1. The van der Waals surface area contributed by atoms with Gasteiger partial charge in [-0.2, -0.15) is 10.5 Å². The molecule has 0 spiro atoms. The summed E-state index contributed by atoms with van der Waals surface area (Å²) in [4.78, 5) is 12.1. The molecule has 0 saturated heterocycles. The number of halogens is 1. The van der Waals surface area contributed by atoms with E-state index in [1.54, 1.807) is 48.5 Å². The average Bonchev–Trinajstić information content (AvgIpc) is 2.55. The van der Waals surface area contributed by atoms with Crippen LogP contribution in [0.3, 0.4) is 0 Å². The fourth-order valence-electron chi connectivity index (χ4n) is 1.75. The molecule has 0 fully saturated rings. The summed E-state index contributed by atoms with van der Waals surface area (Å²) in [7, 11) is 0. The number of amides is 1. The normalized spacial score (nSPS) is 10.3. The maximum absolute atomic E-state index is 12.1. The number of nitrogens with one attached hydrogen (secondary N) is 2. The van der Waals surface area contributed by atoms with Crippen LogP contribution in [0, 0.1) is 22.7 Å². The molecule has 0 radical (unpaired) electrons. The Kier molecular flexibility index (Phi) is 5.35. The van der Waals surface area contributed by atoms with Gasteiger partial charge in [-0.15, -0.1) is 0 Å². The summed E-state index contributed by atoms with van der Waals surface area (Å²) in [5.74, 6) is -0.557. The van der Waals surface area contributed by atoms with Gasteiger partial charge in [0.05, 0.1) is 11.6 Å². The van der Waals surface area contributed by atoms with Gasteiger partial charge in [-0.05, 0) is 36.4 Å². The minimum Gasteiger partial charge on any atom is -0.360 e. The van der Waals surface area contributed by atoms with Crippen LogP contribution in [0.4, 0.5) is 11.4 Å². The standard InChI is InChI=1S/C17H11ClN4O/c18-14-4-2-6-16(8-14)22-17(23)13(10-20)11-21-15-5-1-3-12(7-15)9-19/h1-8,11,21H,(H,22,23)/b13-11-. The lowest BCUT2D eigenvalue weighted by Gasteiger charge is -2.05. The van der Waals surface area contributed by atoms with E-state index in [1.807, 2.05) is 12.1 Å². The molecule has 6 heteroatoms. The number of carbonyl (C=O) groups excluding carboxylic acids is 1. The van der Waals surface area contributed by atoms with E-state index in [9.17, 15) is 4.79 Å². The van der Waals surface area contributed by atoms with Gasteiger partial charge in [0, 0.05) is 22.6 Å². The third kappa shape index (κ3) is 4.60. The van der Waals surface area contributed by atoms with Crippen molar-refractivity contribution in [2.75, 3.05) is 10.6 Å². The van der Waals surface area contributed by atoms with Crippen LogP contribution in [0.15, 0.2) is 60.3 Å². The monoisotopic (exact) mass is 322 g/mol. The molecule has 0 aromatic heterocycles. The van der Waals surface area contributed by atoms with Crippen molar-refractivity contribution in [3.05, 3.63) is 70.9 Å². The molecule has 2 aromatic carbocycles. The highest BCUT2D eigenvalue weighted by Gasteiger charge is 2.09. The lowest BCUT2D eigenvalue weighted by Crippen LogP contribution is -2.14. The summed E-state index contributed by atoms with van der Waals surface area (Å²) in [5, 5.41) is 23.8. The van der Waals surface area contributed by atoms with Gasteiger partial charge in [0.2, 0.25) is 0 Å². The molecule has 1 amide bonds. The van der Waals surface area contributed by atoms with Crippen molar-refractivity contribution in [1.82, 2.24) is 0 Å². The average molecular weight is 323 g/mol. The highest BCUT2D eigenvalue weighted by molar-refractivity contribution is 6.31. The Labute approximate surface area is 138 Å². The molecule has 0 unspecified atom stereocenters.